The predicted octanol–water partition coefficient (Wildman–Crippen LogP) is 6.13. The van der Waals surface area contributed by atoms with Crippen molar-refractivity contribution in [3.8, 4) is 0 Å². The standard InChI is InChI=1S/C26H34O5P/c1-21(11-9-17-23-13-5-3-6-14-23)25(27)19-30-32(29)31-20-26(28)22(2)12-10-18-24-15-7-4-8-16-24/h3-8,13-16,21-22H,9-12,17-20H2,1-2H3/q+1/t21-,22-/m1/s1. The molecule has 2 rings (SSSR count). The van der Waals surface area contributed by atoms with Crippen molar-refractivity contribution >= 4 is 19.8 Å². The zero-order valence-corrected chi connectivity index (χ0v) is 20.0. The van der Waals surface area contributed by atoms with Gasteiger partial charge in [0.1, 0.15) is 0 Å². The van der Waals surface area contributed by atoms with Crippen LogP contribution in [0, 0.1) is 11.8 Å². The van der Waals surface area contributed by atoms with E-state index >= 15 is 0 Å². The second-order valence-corrected chi connectivity index (χ2v) is 9.22. The summed E-state index contributed by atoms with van der Waals surface area (Å²) in [7, 11) is -2.48. The highest BCUT2D eigenvalue weighted by atomic mass is 31.1. The molecule has 0 bridgehead atoms. The summed E-state index contributed by atoms with van der Waals surface area (Å²) >= 11 is 0. The molecule has 0 saturated carbocycles. The Balaban J connectivity index is 1.56. The number of Topliss-reactive ketones (excluding diaryl/α,β-unsaturated/α-hetero) is 2. The van der Waals surface area contributed by atoms with Gasteiger partial charge in [0, 0.05) is 16.4 Å². The van der Waals surface area contributed by atoms with E-state index in [1.54, 1.807) is 0 Å². The lowest BCUT2D eigenvalue weighted by molar-refractivity contribution is -0.125. The highest BCUT2D eigenvalue weighted by Gasteiger charge is 2.27. The monoisotopic (exact) mass is 457 g/mol. The summed E-state index contributed by atoms with van der Waals surface area (Å²) in [4.78, 5) is 24.4. The van der Waals surface area contributed by atoms with Gasteiger partial charge in [0.15, 0.2) is 24.8 Å². The second kappa shape index (κ2) is 14.8. The highest BCUT2D eigenvalue weighted by molar-refractivity contribution is 7.33. The van der Waals surface area contributed by atoms with Gasteiger partial charge in [-0.1, -0.05) is 74.5 Å². The van der Waals surface area contributed by atoms with Gasteiger partial charge >= 0.3 is 8.25 Å². The highest BCUT2D eigenvalue weighted by Crippen LogP contribution is 2.25. The number of hydrogen-bond donors (Lipinski definition) is 0. The number of ketones is 2. The van der Waals surface area contributed by atoms with E-state index in [0.717, 1.165) is 38.5 Å². The number of carbonyl (C=O) groups excluding carboxylic acids is 2. The summed E-state index contributed by atoms with van der Waals surface area (Å²) in [5.74, 6) is -0.557. The molecule has 172 valence electrons. The van der Waals surface area contributed by atoms with Gasteiger partial charge < -0.3 is 0 Å². The third-order valence-electron chi connectivity index (χ3n) is 5.61. The zero-order valence-electron chi connectivity index (χ0n) is 19.1. The molecule has 2 aromatic rings. The molecule has 6 heteroatoms. The largest absolute Gasteiger partial charge is 0.698 e. The van der Waals surface area contributed by atoms with Crippen LogP contribution in [0.5, 0.6) is 0 Å². The molecule has 0 saturated heterocycles. The number of rotatable bonds is 16. The first-order valence-electron chi connectivity index (χ1n) is 11.3. The van der Waals surface area contributed by atoms with E-state index < -0.39 is 8.25 Å². The predicted molar refractivity (Wildman–Crippen MR) is 127 cm³/mol. The van der Waals surface area contributed by atoms with Crippen molar-refractivity contribution < 1.29 is 23.2 Å². The molecule has 0 spiro atoms. The van der Waals surface area contributed by atoms with Crippen LogP contribution in [-0.4, -0.2) is 24.8 Å². The first kappa shape index (κ1) is 26.1. The molecule has 0 aliphatic heterocycles. The lowest BCUT2D eigenvalue weighted by Crippen LogP contribution is -2.18. The summed E-state index contributed by atoms with van der Waals surface area (Å²) in [5, 5.41) is 0. The Morgan fingerprint density at radius 2 is 1.09 bits per heavy atom. The van der Waals surface area contributed by atoms with Crippen LogP contribution in [0.25, 0.3) is 0 Å². The number of hydrogen-bond acceptors (Lipinski definition) is 5. The van der Waals surface area contributed by atoms with Crippen LogP contribution in [0.4, 0.5) is 0 Å². The Morgan fingerprint density at radius 1 is 0.719 bits per heavy atom. The molecule has 2 atom stereocenters. The minimum Gasteiger partial charge on any atom is -0.297 e. The van der Waals surface area contributed by atoms with E-state index in [4.69, 9.17) is 9.05 Å². The van der Waals surface area contributed by atoms with Crippen molar-refractivity contribution in [2.24, 2.45) is 11.8 Å². The van der Waals surface area contributed by atoms with E-state index in [1.807, 2.05) is 50.2 Å². The molecule has 0 N–H and O–H groups in total. The lowest BCUT2D eigenvalue weighted by atomic mass is 9.98. The van der Waals surface area contributed by atoms with Crippen LogP contribution in [0.15, 0.2) is 60.7 Å². The minimum atomic E-state index is -2.48. The summed E-state index contributed by atoms with van der Waals surface area (Å²) in [6.45, 7) is 3.18. The van der Waals surface area contributed by atoms with Gasteiger partial charge in [0.25, 0.3) is 0 Å². The molecular formula is C26H34O5P+. The van der Waals surface area contributed by atoms with E-state index in [1.165, 1.54) is 11.1 Å². The molecule has 5 nitrogen and oxygen atoms in total. The van der Waals surface area contributed by atoms with Crippen LogP contribution < -0.4 is 0 Å². The maximum atomic E-state index is 12.2. The third kappa shape index (κ3) is 10.4. The normalized spacial score (nSPS) is 12.8. The Bertz CT molecular complexity index is 768. The van der Waals surface area contributed by atoms with Gasteiger partial charge in [-0.15, -0.1) is 9.05 Å². The summed E-state index contributed by atoms with van der Waals surface area (Å²) < 4.78 is 22.0. The van der Waals surface area contributed by atoms with Gasteiger partial charge in [0.05, 0.1) is 0 Å². The van der Waals surface area contributed by atoms with Crippen LogP contribution in [0.2, 0.25) is 0 Å². The molecule has 2 aromatic carbocycles. The Kier molecular flexibility index (Phi) is 12.0. The van der Waals surface area contributed by atoms with Gasteiger partial charge in [-0.2, -0.15) is 0 Å². The number of aryl methyl sites for hydroxylation is 2. The quantitative estimate of drug-likeness (QED) is 0.284. The summed E-state index contributed by atoms with van der Waals surface area (Å²) in [5.41, 5.74) is 2.50. The molecule has 0 unspecified atom stereocenters. The maximum Gasteiger partial charge on any atom is 0.698 e. The molecule has 0 aliphatic rings. The summed E-state index contributed by atoms with van der Waals surface area (Å²) in [6, 6.07) is 20.3. The SMILES string of the molecule is C[C@H](CCCc1ccccc1)C(=O)CO[P+](=O)OCC(=O)[C@H](C)CCCc1ccccc1. The second-order valence-electron chi connectivity index (χ2n) is 8.26. The molecule has 0 aliphatic carbocycles. The minimum absolute atomic E-state index is 0.106. The van der Waals surface area contributed by atoms with Crippen molar-refractivity contribution in [3.05, 3.63) is 71.8 Å². The molecule has 32 heavy (non-hydrogen) atoms. The van der Waals surface area contributed by atoms with Crippen LogP contribution >= 0.6 is 8.25 Å². The fraction of sp³-hybridized carbons (Fsp3) is 0.462. The van der Waals surface area contributed by atoms with E-state index in [2.05, 4.69) is 24.3 Å². The molecule has 0 aromatic heterocycles. The topological polar surface area (TPSA) is 69.7 Å². The number of benzene rings is 2. The van der Waals surface area contributed by atoms with Crippen LogP contribution in [0.1, 0.15) is 50.7 Å². The Labute approximate surface area is 192 Å². The lowest BCUT2D eigenvalue weighted by Gasteiger charge is -2.09. The van der Waals surface area contributed by atoms with Crippen molar-refractivity contribution in [1.29, 1.82) is 0 Å². The van der Waals surface area contributed by atoms with Gasteiger partial charge in [-0.05, 0) is 49.7 Å². The first-order chi connectivity index (χ1) is 15.5. The van der Waals surface area contributed by atoms with Crippen molar-refractivity contribution in [2.75, 3.05) is 13.2 Å². The molecular weight excluding hydrogens is 423 g/mol. The van der Waals surface area contributed by atoms with Gasteiger partial charge in [0.2, 0.25) is 0 Å². The van der Waals surface area contributed by atoms with E-state index in [-0.39, 0.29) is 36.6 Å². The van der Waals surface area contributed by atoms with Crippen molar-refractivity contribution in [3.63, 3.8) is 0 Å². The maximum absolute atomic E-state index is 12.2. The fourth-order valence-corrected chi connectivity index (χ4v) is 3.93. The average Bonchev–Trinajstić information content (AvgIpc) is 2.82. The van der Waals surface area contributed by atoms with Gasteiger partial charge in [-0.25, -0.2) is 0 Å². The van der Waals surface area contributed by atoms with Crippen molar-refractivity contribution in [1.82, 2.24) is 0 Å². The first-order valence-corrected chi connectivity index (χ1v) is 12.4. The molecule has 0 radical (unpaired) electrons. The number of carbonyl (C=O) groups is 2. The van der Waals surface area contributed by atoms with Crippen LogP contribution in [-0.2, 0) is 36.0 Å². The Hall–Kier alpha value is -2.20. The van der Waals surface area contributed by atoms with Gasteiger partial charge in [-0.3, -0.25) is 9.59 Å². The average molecular weight is 458 g/mol. The third-order valence-corrected chi connectivity index (χ3v) is 6.29. The van der Waals surface area contributed by atoms with E-state index in [0.29, 0.717) is 0 Å². The zero-order chi connectivity index (χ0) is 23.2. The molecule has 0 heterocycles. The molecule has 0 amide bonds. The van der Waals surface area contributed by atoms with Crippen molar-refractivity contribution in [2.45, 2.75) is 52.4 Å². The summed E-state index contributed by atoms with van der Waals surface area (Å²) in [6.07, 6.45) is 5.12. The van der Waals surface area contributed by atoms with E-state index in [9.17, 15) is 14.2 Å². The fourth-order valence-electron chi connectivity index (χ4n) is 3.39. The van der Waals surface area contributed by atoms with Crippen LogP contribution in [0.3, 0.4) is 0 Å². The smallest absolute Gasteiger partial charge is 0.297 e. The molecule has 0 fully saturated rings. The Morgan fingerprint density at radius 3 is 1.47 bits per heavy atom.